The van der Waals surface area contributed by atoms with Crippen LogP contribution in [0.15, 0.2) is 17.5 Å². The molecule has 0 aliphatic carbocycles. The minimum Gasteiger partial charge on any atom is -0.302 e. The van der Waals surface area contributed by atoms with Crippen LogP contribution in [0, 0.1) is 20.8 Å². The number of nitrogens with one attached hydrogen (secondary N) is 1. The van der Waals surface area contributed by atoms with Gasteiger partial charge in [0.1, 0.15) is 0 Å². The van der Waals surface area contributed by atoms with Crippen molar-refractivity contribution in [3.63, 3.8) is 0 Å². The molecule has 100 valence electrons. The summed E-state index contributed by atoms with van der Waals surface area (Å²) in [6.45, 7) is 8.13. The molecule has 0 fully saturated rings. The Hall–Kier alpha value is -1.68. The fourth-order valence-corrected chi connectivity index (χ4v) is 2.63. The van der Waals surface area contributed by atoms with Crippen LogP contribution in [0.4, 0.5) is 5.13 Å². The molecule has 1 N–H and O–H groups in total. The third-order valence-electron chi connectivity index (χ3n) is 3.19. The smallest absolute Gasteiger partial charge is 0.225 e. The maximum atomic E-state index is 11.3. The van der Waals surface area contributed by atoms with E-state index in [1.165, 1.54) is 28.0 Å². The first-order chi connectivity index (χ1) is 9.01. The summed E-state index contributed by atoms with van der Waals surface area (Å²) in [6.07, 6.45) is 0.470. The number of carbonyl (C=O) groups excluding carboxylic acids is 1. The Labute approximate surface area is 117 Å². The van der Waals surface area contributed by atoms with Gasteiger partial charge >= 0.3 is 0 Å². The number of anilines is 1. The van der Waals surface area contributed by atoms with Crippen molar-refractivity contribution in [3.05, 3.63) is 34.2 Å². The van der Waals surface area contributed by atoms with Crippen LogP contribution in [0.3, 0.4) is 0 Å². The SMILES string of the molecule is CCC(=O)Nc1nc(-c2cc(C)c(C)cc2C)cs1. The van der Waals surface area contributed by atoms with Gasteiger partial charge in [-0.05, 0) is 43.5 Å². The van der Waals surface area contributed by atoms with Gasteiger partial charge in [0.05, 0.1) is 5.69 Å². The number of thiazole rings is 1. The number of aromatic nitrogens is 1. The molecule has 0 saturated carbocycles. The lowest BCUT2D eigenvalue weighted by Crippen LogP contribution is -2.08. The van der Waals surface area contributed by atoms with Crippen LogP contribution in [0.25, 0.3) is 11.3 Å². The molecule has 3 nitrogen and oxygen atoms in total. The average Bonchev–Trinajstić information content (AvgIpc) is 2.82. The maximum Gasteiger partial charge on any atom is 0.225 e. The molecule has 4 heteroatoms. The van der Waals surface area contributed by atoms with Gasteiger partial charge in [0.2, 0.25) is 5.91 Å². The maximum absolute atomic E-state index is 11.3. The number of aryl methyl sites for hydroxylation is 3. The Morgan fingerprint density at radius 1 is 1.21 bits per heavy atom. The van der Waals surface area contributed by atoms with E-state index in [1.807, 2.05) is 12.3 Å². The average molecular weight is 274 g/mol. The van der Waals surface area contributed by atoms with Gasteiger partial charge in [0, 0.05) is 17.4 Å². The van der Waals surface area contributed by atoms with Crippen LogP contribution in [-0.4, -0.2) is 10.9 Å². The molecule has 19 heavy (non-hydrogen) atoms. The van der Waals surface area contributed by atoms with Crippen LogP contribution in [0.1, 0.15) is 30.0 Å². The van der Waals surface area contributed by atoms with Crippen molar-refractivity contribution in [1.29, 1.82) is 0 Å². The molecular weight excluding hydrogens is 256 g/mol. The van der Waals surface area contributed by atoms with Crippen molar-refractivity contribution < 1.29 is 4.79 Å². The molecule has 0 radical (unpaired) electrons. The molecule has 2 rings (SSSR count). The molecule has 2 aromatic rings. The lowest BCUT2D eigenvalue weighted by Gasteiger charge is -2.07. The van der Waals surface area contributed by atoms with Gasteiger partial charge in [-0.1, -0.05) is 13.0 Å². The summed E-state index contributed by atoms with van der Waals surface area (Å²) in [5.74, 6) is -0.00212. The van der Waals surface area contributed by atoms with E-state index in [0.29, 0.717) is 11.6 Å². The van der Waals surface area contributed by atoms with Gasteiger partial charge < -0.3 is 5.32 Å². The minimum atomic E-state index is -0.00212. The second-order valence-electron chi connectivity index (χ2n) is 4.69. The summed E-state index contributed by atoms with van der Waals surface area (Å²) in [6, 6.07) is 4.33. The standard InChI is InChI=1S/C15H18N2OS/c1-5-14(18)17-15-16-13(8-19-15)12-7-10(3)9(2)6-11(12)4/h6-8H,5H2,1-4H3,(H,16,17,18). The summed E-state index contributed by atoms with van der Waals surface area (Å²) in [5, 5.41) is 5.45. The summed E-state index contributed by atoms with van der Waals surface area (Å²) in [4.78, 5) is 15.8. The molecule has 0 aliphatic rings. The van der Waals surface area contributed by atoms with Crippen molar-refractivity contribution in [1.82, 2.24) is 4.98 Å². The summed E-state index contributed by atoms with van der Waals surface area (Å²) in [7, 11) is 0. The molecular formula is C15H18N2OS. The van der Waals surface area contributed by atoms with Crippen molar-refractivity contribution in [2.45, 2.75) is 34.1 Å². The lowest BCUT2D eigenvalue weighted by atomic mass is 9.99. The third-order valence-corrected chi connectivity index (χ3v) is 3.95. The van der Waals surface area contributed by atoms with Crippen molar-refractivity contribution in [2.75, 3.05) is 5.32 Å². The molecule has 1 aromatic heterocycles. The molecule has 1 aromatic carbocycles. The van der Waals surface area contributed by atoms with E-state index in [4.69, 9.17) is 0 Å². The second-order valence-corrected chi connectivity index (χ2v) is 5.55. The number of hydrogen-bond acceptors (Lipinski definition) is 3. The van der Waals surface area contributed by atoms with Crippen LogP contribution in [0.5, 0.6) is 0 Å². The largest absolute Gasteiger partial charge is 0.302 e. The lowest BCUT2D eigenvalue weighted by molar-refractivity contribution is -0.115. The van der Waals surface area contributed by atoms with Gasteiger partial charge in [-0.3, -0.25) is 4.79 Å². The number of nitrogens with zero attached hydrogens (tertiary/aromatic N) is 1. The fourth-order valence-electron chi connectivity index (χ4n) is 1.90. The predicted octanol–water partition coefficient (Wildman–Crippen LogP) is 4.08. The van der Waals surface area contributed by atoms with Gasteiger partial charge in [-0.2, -0.15) is 0 Å². The summed E-state index contributed by atoms with van der Waals surface area (Å²) >= 11 is 1.46. The van der Waals surface area contributed by atoms with Crippen LogP contribution < -0.4 is 5.32 Å². The van der Waals surface area contributed by atoms with E-state index in [0.717, 1.165) is 11.3 Å². The molecule has 1 heterocycles. The number of amides is 1. The van der Waals surface area contributed by atoms with E-state index in [-0.39, 0.29) is 5.91 Å². The number of benzene rings is 1. The first kappa shape index (κ1) is 13.7. The van der Waals surface area contributed by atoms with Crippen molar-refractivity contribution in [3.8, 4) is 11.3 Å². The highest BCUT2D eigenvalue weighted by atomic mass is 32.1. The zero-order valence-electron chi connectivity index (χ0n) is 11.7. The van der Waals surface area contributed by atoms with E-state index in [9.17, 15) is 4.79 Å². The Kier molecular flexibility index (Phi) is 4.00. The normalized spacial score (nSPS) is 10.5. The van der Waals surface area contributed by atoms with E-state index in [2.05, 4.69) is 43.2 Å². The highest BCUT2D eigenvalue weighted by molar-refractivity contribution is 7.14. The molecule has 0 unspecified atom stereocenters. The number of rotatable bonds is 3. The van der Waals surface area contributed by atoms with E-state index >= 15 is 0 Å². The Morgan fingerprint density at radius 3 is 2.58 bits per heavy atom. The van der Waals surface area contributed by atoms with Crippen molar-refractivity contribution >= 4 is 22.4 Å². The quantitative estimate of drug-likeness (QED) is 0.916. The van der Waals surface area contributed by atoms with Crippen LogP contribution >= 0.6 is 11.3 Å². The minimum absolute atomic E-state index is 0.00212. The molecule has 0 bridgehead atoms. The monoisotopic (exact) mass is 274 g/mol. The summed E-state index contributed by atoms with van der Waals surface area (Å²) < 4.78 is 0. The Morgan fingerprint density at radius 2 is 1.89 bits per heavy atom. The van der Waals surface area contributed by atoms with Gasteiger partial charge in [-0.25, -0.2) is 4.98 Å². The predicted molar refractivity (Wildman–Crippen MR) is 80.7 cm³/mol. The highest BCUT2D eigenvalue weighted by Gasteiger charge is 2.10. The zero-order valence-corrected chi connectivity index (χ0v) is 12.5. The van der Waals surface area contributed by atoms with E-state index in [1.54, 1.807) is 0 Å². The second kappa shape index (κ2) is 5.53. The number of hydrogen-bond donors (Lipinski definition) is 1. The van der Waals surface area contributed by atoms with Gasteiger partial charge in [-0.15, -0.1) is 11.3 Å². The molecule has 0 saturated heterocycles. The zero-order chi connectivity index (χ0) is 14.0. The van der Waals surface area contributed by atoms with Gasteiger partial charge in [0.25, 0.3) is 0 Å². The topological polar surface area (TPSA) is 42.0 Å². The molecule has 0 spiro atoms. The fraction of sp³-hybridized carbons (Fsp3) is 0.333. The van der Waals surface area contributed by atoms with Crippen molar-refractivity contribution in [2.24, 2.45) is 0 Å². The number of carbonyl (C=O) groups is 1. The molecule has 1 amide bonds. The van der Waals surface area contributed by atoms with Crippen LogP contribution in [-0.2, 0) is 4.79 Å². The molecule has 0 aliphatic heterocycles. The van der Waals surface area contributed by atoms with Gasteiger partial charge in [0.15, 0.2) is 5.13 Å². The summed E-state index contributed by atoms with van der Waals surface area (Å²) in [5.41, 5.74) is 5.82. The first-order valence-electron chi connectivity index (χ1n) is 6.35. The highest BCUT2D eigenvalue weighted by Crippen LogP contribution is 2.29. The van der Waals surface area contributed by atoms with E-state index < -0.39 is 0 Å². The third kappa shape index (κ3) is 3.01. The Balaban J connectivity index is 2.33. The first-order valence-corrected chi connectivity index (χ1v) is 7.22. The van der Waals surface area contributed by atoms with Crippen LogP contribution in [0.2, 0.25) is 0 Å². The molecule has 0 atom stereocenters. The Bertz CT molecular complexity index is 617.